The number of ether oxygens (including phenoxy) is 1. The highest BCUT2D eigenvalue weighted by atomic mass is 32.2. The summed E-state index contributed by atoms with van der Waals surface area (Å²) in [6.07, 6.45) is 0.814. The molecule has 0 bridgehead atoms. The SMILES string of the molecule is CCc1ccc(N(C(=O)COc2c(C)cccc2C)S(=O)(=O)c2ccc(C)cc2)cc1. The van der Waals surface area contributed by atoms with Crippen molar-refractivity contribution in [3.63, 3.8) is 0 Å². The average Bonchev–Trinajstić information content (AvgIpc) is 2.74. The number of aryl methyl sites for hydroxylation is 4. The van der Waals surface area contributed by atoms with E-state index in [1.54, 1.807) is 24.3 Å². The molecule has 0 aliphatic rings. The van der Waals surface area contributed by atoms with Gasteiger partial charge in [-0.25, -0.2) is 8.42 Å². The van der Waals surface area contributed by atoms with Crippen LogP contribution in [0.2, 0.25) is 0 Å². The molecular formula is C25H27NO4S. The van der Waals surface area contributed by atoms with E-state index in [2.05, 4.69) is 0 Å². The van der Waals surface area contributed by atoms with Crippen LogP contribution in [0.5, 0.6) is 5.75 Å². The van der Waals surface area contributed by atoms with Gasteiger partial charge in [0.2, 0.25) is 0 Å². The highest BCUT2D eigenvalue weighted by Gasteiger charge is 2.31. The van der Waals surface area contributed by atoms with E-state index in [0.717, 1.165) is 33.0 Å². The third kappa shape index (κ3) is 4.97. The summed E-state index contributed by atoms with van der Waals surface area (Å²) < 4.78 is 33.5. The van der Waals surface area contributed by atoms with Crippen molar-refractivity contribution >= 4 is 21.6 Å². The first-order valence-corrected chi connectivity index (χ1v) is 11.6. The van der Waals surface area contributed by atoms with Gasteiger partial charge in [0.05, 0.1) is 10.6 Å². The van der Waals surface area contributed by atoms with Crippen molar-refractivity contribution in [1.29, 1.82) is 0 Å². The van der Waals surface area contributed by atoms with Gasteiger partial charge in [0, 0.05) is 0 Å². The normalized spacial score (nSPS) is 11.2. The largest absolute Gasteiger partial charge is 0.483 e. The summed E-state index contributed by atoms with van der Waals surface area (Å²) >= 11 is 0. The van der Waals surface area contributed by atoms with E-state index in [1.165, 1.54) is 12.1 Å². The van der Waals surface area contributed by atoms with Crippen molar-refractivity contribution < 1.29 is 17.9 Å². The lowest BCUT2D eigenvalue weighted by atomic mass is 10.1. The first-order chi connectivity index (χ1) is 14.7. The third-order valence-corrected chi connectivity index (χ3v) is 6.88. The summed E-state index contributed by atoms with van der Waals surface area (Å²) in [6, 6.07) is 19.1. The van der Waals surface area contributed by atoms with Gasteiger partial charge in [0.25, 0.3) is 15.9 Å². The Bertz CT molecular complexity index is 1150. The number of hydrogen-bond acceptors (Lipinski definition) is 4. The average molecular weight is 438 g/mol. The van der Waals surface area contributed by atoms with Crippen molar-refractivity contribution in [1.82, 2.24) is 0 Å². The van der Waals surface area contributed by atoms with E-state index >= 15 is 0 Å². The van der Waals surface area contributed by atoms with Crippen molar-refractivity contribution in [3.05, 3.63) is 89.0 Å². The summed E-state index contributed by atoms with van der Waals surface area (Å²) in [5, 5.41) is 0. The highest BCUT2D eigenvalue weighted by Crippen LogP contribution is 2.27. The molecule has 0 unspecified atom stereocenters. The molecule has 0 aromatic heterocycles. The van der Waals surface area contributed by atoms with Gasteiger partial charge in [0.15, 0.2) is 6.61 Å². The first-order valence-electron chi connectivity index (χ1n) is 10.2. The van der Waals surface area contributed by atoms with Crippen LogP contribution in [0.25, 0.3) is 0 Å². The van der Waals surface area contributed by atoms with Crippen molar-refractivity contribution in [2.24, 2.45) is 0 Å². The Kier molecular flexibility index (Phi) is 6.81. The summed E-state index contributed by atoms with van der Waals surface area (Å²) in [4.78, 5) is 13.3. The van der Waals surface area contributed by atoms with Crippen LogP contribution in [0.3, 0.4) is 0 Å². The molecule has 162 valence electrons. The Labute approximate surface area is 184 Å². The quantitative estimate of drug-likeness (QED) is 0.523. The molecule has 3 aromatic carbocycles. The number of carbonyl (C=O) groups is 1. The molecule has 0 N–H and O–H groups in total. The second-order valence-corrected chi connectivity index (χ2v) is 9.29. The number of anilines is 1. The van der Waals surface area contributed by atoms with E-state index in [0.29, 0.717) is 5.75 Å². The monoisotopic (exact) mass is 437 g/mol. The van der Waals surface area contributed by atoms with Gasteiger partial charge < -0.3 is 4.74 Å². The molecule has 0 radical (unpaired) electrons. The van der Waals surface area contributed by atoms with Crippen LogP contribution in [-0.2, 0) is 21.2 Å². The van der Waals surface area contributed by atoms with Gasteiger partial charge >= 0.3 is 0 Å². The molecule has 3 aromatic rings. The number of amides is 1. The molecule has 1 amide bonds. The fourth-order valence-electron chi connectivity index (χ4n) is 3.32. The Morgan fingerprint density at radius 3 is 2.00 bits per heavy atom. The van der Waals surface area contributed by atoms with Crippen LogP contribution in [0.4, 0.5) is 5.69 Å². The van der Waals surface area contributed by atoms with E-state index in [4.69, 9.17) is 4.74 Å². The van der Waals surface area contributed by atoms with Crippen LogP contribution in [-0.4, -0.2) is 20.9 Å². The zero-order valence-corrected chi connectivity index (χ0v) is 19.1. The van der Waals surface area contributed by atoms with Crippen molar-refractivity contribution in [2.75, 3.05) is 10.9 Å². The standard InChI is InChI=1S/C25H27NO4S/c1-5-21-11-13-22(14-12-21)26(31(28,29)23-15-9-18(2)10-16-23)24(27)17-30-25-19(3)7-6-8-20(25)4/h6-16H,5,17H2,1-4H3. The van der Waals surface area contributed by atoms with Crippen LogP contribution in [0, 0.1) is 20.8 Å². The maximum absolute atomic E-state index is 13.4. The number of para-hydroxylation sites is 1. The van der Waals surface area contributed by atoms with E-state index in [1.807, 2.05) is 58.0 Å². The zero-order valence-electron chi connectivity index (χ0n) is 18.3. The molecule has 3 rings (SSSR count). The lowest BCUT2D eigenvalue weighted by molar-refractivity contribution is -0.119. The van der Waals surface area contributed by atoms with Crippen molar-refractivity contribution in [3.8, 4) is 5.75 Å². The Morgan fingerprint density at radius 1 is 0.871 bits per heavy atom. The lowest BCUT2D eigenvalue weighted by Gasteiger charge is -2.23. The number of hydrogen-bond donors (Lipinski definition) is 0. The summed E-state index contributed by atoms with van der Waals surface area (Å²) in [6.45, 7) is 7.26. The molecule has 0 heterocycles. The second-order valence-electron chi connectivity index (χ2n) is 7.51. The van der Waals surface area contributed by atoms with Gasteiger partial charge in [-0.1, -0.05) is 55.0 Å². The first kappa shape index (κ1) is 22.6. The van der Waals surface area contributed by atoms with E-state index in [9.17, 15) is 13.2 Å². The molecular weight excluding hydrogens is 410 g/mol. The van der Waals surface area contributed by atoms with Crippen LogP contribution in [0.15, 0.2) is 71.6 Å². The smallest absolute Gasteiger partial charge is 0.278 e. The minimum absolute atomic E-state index is 0.0538. The second kappa shape index (κ2) is 9.35. The fraction of sp³-hybridized carbons (Fsp3) is 0.240. The number of sulfonamides is 1. The van der Waals surface area contributed by atoms with E-state index in [-0.39, 0.29) is 10.6 Å². The fourth-order valence-corrected chi connectivity index (χ4v) is 4.73. The number of rotatable bonds is 7. The van der Waals surface area contributed by atoms with Gasteiger partial charge in [-0.3, -0.25) is 4.79 Å². The Balaban J connectivity index is 1.98. The molecule has 0 saturated heterocycles. The minimum atomic E-state index is -4.11. The van der Waals surface area contributed by atoms with Crippen molar-refractivity contribution in [2.45, 2.75) is 39.0 Å². The third-order valence-electron chi connectivity index (χ3n) is 5.11. The molecule has 6 heteroatoms. The van der Waals surface area contributed by atoms with Gasteiger partial charge in [-0.15, -0.1) is 0 Å². The zero-order chi connectivity index (χ0) is 22.6. The Hall–Kier alpha value is -3.12. The molecule has 0 saturated carbocycles. The van der Waals surface area contributed by atoms with Crippen LogP contribution in [0.1, 0.15) is 29.2 Å². The van der Waals surface area contributed by atoms with E-state index < -0.39 is 22.5 Å². The predicted octanol–water partition coefficient (Wildman–Crippen LogP) is 4.98. The van der Waals surface area contributed by atoms with Gasteiger partial charge in [-0.2, -0.15) is 4.31 Å². The molecule has 31 heavy (non-hydrogen) atoms. The summed E-state index contributed by atoms with van der Waals surface area (Å²) in [5.74, 6) is -0.0719. The van der Waals surface area contributed by atoms with Crippen LogP contribution >= 0.6 is 0 Å². The van der Waals surface area contributed by atoms with Crippen LogP contribution < -0.4 is 9.04 Å². The minimum Gasteiger partial charge on any atom is -0.483 e. The molecule has 0 aliphatic heterocycles. The Morgan fingerprint density at radius 2 is 1.45 bits per heavy atom. The number of nitrogens with zero attached hydrogens (tertiary/aromatic N) is 1. The van der Waals surface area contributed by atoms with Gasteiger partial charge in [0.1, 0.15) is 5.75 Å². The number of carbonyl (C=O) groups excluding carboxylic acids is 1. The highest BCUT2D eigenvalue weighted by molar-refractivity contribution is 7.93. The maximum Gasteiger partial charge on any atom is 0.278 e. The van der Waals surface area contributed by atoms with Gasteiger partial charge in [-0.05, 0) is 68.1 Å². The topological polar surface area (TPSA) is 63.7 Å². The number of benzene rings is 3. The molecule has 5 nitrogen and oxygen atoms in total. The lowest BCUT2D eigenvalue weighted by Crippen LogP contribution is -2.40. The summed E-state index contributed by atoms with van der Waals surface area (Å²) in [7, 11) is -4.11. The molecule has 0 fully saturated rings. The molecule has 0 spiro atoms. The maximum atomic E-state index is 13.4. The molecule has 0 aliphatic carbocycles. The summed E-state index contributed by atoms with van der Waals surface area (Å²) in [5.41, 5.74) is 4.03. The predicted molar refractivity (Wildman–Crippen MR) is 123 cm³/mol. The molecule has 0 atom stereocenters.